The number of hydrogen-bond acceptors (Lipinski definition) is 6. The van der Waals surface area contributed by atoms with Gasteiger partial charge in [0.05, 0.1) is 13.2 Å². The molecule has 184 valence electrons. The summed E-state index contributed by atoms with van der Waals surface area (Å²) < 4.78 is 19.6. The normalized spacial score (nSPS) is 24.9. The number of carbonyl (C=O) groups is 2. The van der Waals surface area contributed by atoms with E-state index in [1.54, 1.807) is 19.2 Å². The number of ether oxygens (including phenoxy) is 1. The van der Waals surface area contributed by atoms with Gasteiger partial charge < -0.3 is 15.4 Å². The van der Waals surface area contributed by atoms with E-state index >= 15 is 0 Å². The van der Waals surface area contributed by atoms with E-state index in [4.69, 9.17) is 4.74 Å². The van der Waals surface area contributed by atoms with Crippen LogP contribution in [0.2, 0.25) is 0 Å². The van der Waals surface area contributed by atoms with Gasteiger partial charge in [-0.1, -0.05) is 30.3 Å². The second-order valence-corrected chi connectivity index (χ2v) is 10.1. The number of amides is 2. The van der Waals surface area contributed by atoms with Crippen molar-refractivity contribution in [3.8, 4) is 5.75 Å². The van der Waals surface area contributed by atoms with E-state index in [9.17, 15) is 14.0 Å². The molecule has 3 N–H and O–H groups in total. The highest BCUT2D eigenvalue weighted by Crippen LogP contribution is 2.39. The molecule has 0 aliphatic carbocycles. The molecule has 3 aliphatic rings. The summed E-state index contributed by atoms with van der Waals surface area (Å²) in [6, 6.07) is 14.1. The lowest BCUT2D eigenvalue weighted by atomic mass is 9.94. The Morgan fingerprint density at radius 2 is 1.91 bits per heavy atom. The van der Waals surface area contributed by atoms with E-state index < -0.39 is 0 Å². The van der Waals surface area contributed by atoms with E-state index in [1.165, 1.54) is 17.8 Å². The molecule has 3 unspecified atom stereocenters. The minimum absolute atomic E-state index is 0.0503. The Morgan fingerprint density at radius 3 is 2.63 bits per heavy atom. The number of thioether (sulfide) groups is 1. The number of halogens is 1. The number of nitrogens with one attached hydrogen (secondary N) is 3. The number of carbonyl (C=O) groups excluding carboxylic acids is 2. The van der Waals surface area contributed by atoms with Gasteiger partial charge in [0.15, 0.2) is 0 Å². The molecule has 0 radical (unpaired) electrons. The number of hydrogen-bond donors (Lipinski definition) is 3. The molecule has 2 saturated heterocycles. The van der Waals surface area contributed by atoms with Crippen molar-refractivity contribution >= 4 is 29.1 Å². The topological polar surface area (TPSA) is 82.7 Å². The third-order valence-corrected chi connectivity index (χ3v) is 8.10. The molecule has 0 spiro atoms. The van der Waals surface area contributed by atoms with Crippen LogP contribution < -0.4 is 20.7 Å². The van der Waals surface area contributed by atoms with Crippen LogP contribution in [-0.2, 0) is 16.1 Å². The molecule has 2 aromatic carbocycles. The molecular weight excluding hydrogens is 467 g/mol. The summed E-state index contributed by atoms with van der Waals surface area (Å²) in [7, 11) is 1.63. The molecule has 2 fully saturated rings. The van der Waals surface area contributed by atoms with Crippen molar-refractivity contribution in [2.24, 2.45) is 5.92 Å². The molecule has 3 aliphatic heterocycles. The van der Waals surface area contributed by atoms with Crippen LogP contribution in [-0.4, -0.2) is 54.5 Å². The Hall–Kier alpha value is -2.88. The minimum Gasteiger partial charge on any atom is -0.497 e. The second kappa shape index (κ2) is 10.4. The Bertz CT molecular complexity index is 1120. The van der Waals surface area contributed by atoms with Crippen LogP contribution in [0.4, 0.5) is 4.39 Å². The fraction of sp³-hybridized carbons (Fsp3) is 0.385. The van der Waals surface area contributed by atoms with Crippen molar-refractivity contribution in [1.82, 2.24) is 20.9 Å². The molecular formula is C26H29FN4O3S. The number of rotatable bonds is 6. The van der Waals surface area contributed by atoms with E-state index in [-0.39, 0.29) is 41.1 Å². The van der Waals surface area contributed by atoms with Gasteiger partial charge in [-0.05, 0) is 47.6 Å². The largest absolute Gasteiger partial charge is 0.497 e. The first-order valence-electron chi connectivity index (χ1n) is 11.8. The van der Waals surface area contributed by atoms with Crippen LogP contribution in [0.3, 0.4) is 0 Å². The molecule has 0 saturated carbocycles. The predicted octanol–water partition coefficient (Wildman–Crippen LogP) is 2.69. The summed E-state index contributed by atoms with van der Waals surface area (Å²) in [6.45, 7) is 1.85. The minimum atomic E-state index is -0.346. The quantitative estimate of drug-likeness (QED) is 0.571. The molecule has 5 rings (SSSR count). The molecule has 2 amide bonds. The second-order valence-electron chi connectivity index (χ2n) is 9.04. The molecule has 7 nitrogen and oxygen atoms in total. The molecule has 3 atom stereocenters. The first kappa shape index (κ1) is 23.8. The first-order chi connectivity index (χ1) is 17.0. The van der Waals surface area contributed by atoms with Crippen molar-refractivity contribution in [2.45, 2.75) is 37.0 Å². The Morgan fingerprint density at radius 1 is 1.17 bits per heavy atom. The molecule has 0 bridgehead atoms. The van der Waals surface area contributed by atoms with Gasteiger partial charge in [-0.2, -0.15) is 0 Å². The van der Waals surface area contributed by atoms with Crippen molar-refractivity contribution in [3.63, 3.8) is 0 Å². The van der Waals surface area contributed by atoms with E-state index in [0.717, 1.165) is 16.9 Å². The van der Waals surface area contributed by atoms with Gasteiger partial charge in [0.1, 0.15) is 23.1 Å². The Balaban J connectivity index is 1.15. The number of methoxy groups -OCH3 is 1. The van der Waals surface area contributed by atoms with Crippen LogP contribution in [0.25, 0.3) is 5.57 Å². The van der Waals surface area contributed by atoms with Crippen LogP contribution in [0, 0.1) is 11.7 Å². The summed E-state index contributed by atoms with van der Waals surface area (Å²) in [6.07, 6.45) is 1.07. The fourth-order valence-electron chi connectivity index (χ4n) is 4.90. The van der Waals surface area contributed by atoms with Crippen LogP contribution in [0.15, 0.2) is 53.9 Å². The molecule has 0 aromatic heterocycles. The third kappa shape index (κ3) is 5.07. The number of piperidine rings is 1. The average Bonchev–Trinajstić information content (AvgIpc) is 3.32. The van der Waals surface area contributed by atoms with Crippen LogP contribution >= 0.6 is 11.8 Å². The van der Waals surface area contributed by atoms with Crippen molar-refractivity contribution in [3.05, 3.63) is 70.9 Å². The lowest BCUT2D eigenvalue weighted by molar-refractivity contribution is -0.129. The highest BCUT2D eigenvalue weighted by atomic mass is 32.2. The van der Waals surface area contributed by atoms with Gasteiger partial charge in [0.2, 0.25) is 11.8 Å². The predicted molar refractivity (Wildman–Crippen MR) is 134 cm³/mol. The summed E-state index contributed by atoms with van der Waals surface area (Å²) in [4.78, 5) is 27.7. The van der Waals surface area contributed by atoms with Gasteiger partial charge >= 0.3 is 0 Å². The number of benzene rings is 2. The van der Waals surface area contributed by atoms with Crippen molar-refractivity contribution in [1.29, 1.82) is 0 Å². The zero-order valence-corrected chi connectivity index (χ0v) is 20.3. The van der Waals surface area contributed by atoms with Gasteiger partial charge in [0.25, 0.3) is 0 Å². The van der Waals surface area contributed by atoms with E-state index in [2.05, 4.69) is 20.9 Å². The first-order valence-corrected chi connectivity index (χ1v) is 12.8. The molecule has 35 heavy (non-hydrogen) atoms. The number of fused-ring (bicyclic) bond motifs is 1. The SMILES string of the molecule is COc1ccc(CNC(=O)C2CCN(C3NC(=O)C4SC=C(c5ccccc5F)C4N3)CC2)cc1. The molecule has 3 heterocycles. The standard InChI is InChI=1S/C26H29FN4O3S/c1-34-18-8-6-16(7-9-18)14-28-24(32)17-10-12-31(13-11-17)26-29-22-20(15-35-23(22)25(33)30-26)19-4-2-3-5-21(19)27/h2-9,15,17,22-23,26,29H,10-14H2,1H3,(H,28,32)(H,30,33). The lowest BCUT2D eigenvalue weighted by Gasteiger charge is -2.43. The molecule has 9 heteroatoms. The maximum Gasteiger partial charge on any atom is 0.237 e. The van der Waals surface area contributed by atoms with Crippen LogP contribution in [0.5, 0.6) is 5.75 Å². The van der Waals surface area contributed by atoms with Crippen molar-refractivity contribution < 1.29 is 18.7 Å². The lowest BCUT2D eigenvalue weighted by Crippen LogP contribution is -2.68. The average molecular weight is 497 g/mol. The summed E-state index contributed by atoms with van der Waals surface area (Å²) in [5.74, 6) is 0.442. The van der Waals surface area contributed by atoms with Gasteiger partial charge in [-0.3, -0.25) is 19.8 Å². The van der Waals surface area contributed by atoms with E-state index in [0.29, 0.717) is 38.0 Å². The monoisotopic (exact) mass is 496 g/mol. The summed E-state index contributed by atoms with van der Waals surface area (Å²) >= 11 is 1.42. The van der Waals surface area contributed by atoms with Crippen molar-refractivity contribution in [2.75, 3.05) is 20.2 Å². The third-order valence-electron chi connectivity index (χ3n) is 6.93. The van der Waals surface area contributed by atoms with Gasteiger partial charge in [-0.15, -0.1) is 11.8 Å². The van der Waals surface area contributed by atoms with Crippen LogP contribution in [0.1, 0.15) is 24.0 Å². The zero-order chi connectivity index (χ0) is 24.4. The van der Waals surface area contributed by atoms with Gasteiger partial charge in [0, 0.05) is 31.1 Å². The number of nitrogens with zero attached hydrogens (tertiary/aromatic N) is 1. The fourth-order valence-corrected chi connectivity index (χ4v) is 6.04. The number of likely N-dealkylation sites (tertiary alicyclic amines) is 1. The van der Waals surface area contributed by atoms with Gasteiger partial charge in [-0.25, -0.2) is 4.39 Å². The smallest absolute Gasteiger partial charge is 0.237 e. The highest BCUT2D eigenvalue weighted by molar-refractivity contribution is 8.04. The summed E-state index contributed by atoms with van der Waals surface area (Å²) in [5, 5.41) is 11.2. The molecule has 2 aromatic rings. The Labute approximate surface area is 208 Å². The zero-order valence-electron chi connectivity index (χ0n) is 19.5. The maximum absolute atomic E-state index is 14.4. The maximum atomic E-state index is 14.4. The summed E-state index contributed by atoms with van der Waals surface area (Å²) in [5.41, 5.74) is 2.36. The Kier molecular flexibility index (Phi) is 7.08. The highest BCUT2D eigenvalue weighted by Gasteiger charge is 2.44. The van der Waals surface area contributed by atoms with E-state index in [1.807, 2.05) is 35.7 Å².